The number of para-hydroxylation sites is 2. The first-order valence-electron chi connectivity index (χ1n) is 25.9. The fourth-order valence-corrected chi connectivity index (χ4v) is 9.55. The Morgan fingerprint density at radius 3 is 1.73 bits per heavy atom. The predicted octanol–water partition coefficient (Wildman–Crippen LogP) is 6.80. The summed E-state index contributed by atoms with van der Waals surface area (Å²) in [5, 5.41) is 40.2. The average Bonchev–Trinajstić information content (AvgIpc) is 4.28. The third kappa shape index (κ3) is 15.2. The number of benzene rings is 2. The summed E-state index contributed by atoms with van der Waals surface area (Å²) in [6, 6.07) is 17.2. The standard InChI is InChI=1S/C22H25N5O3.C17H18N4O.C5H9NO2.C5H10O2.C5H8O2/c1-15-8-9-16(21-13-18(25-30-21)20-7-4-12-29-20)14-26(15)22(28)17-5-2-3-6-19(17)27-23-10-11-24-27;1-3-14-9-8-13(2)20(12-14)17(22)15-6-4-5-7-16(15)21-18-10-11-19-21;7-6-4-5-2-1-3-8-5;2*6-4-5-2-1-3-7-5/h2-3,5-6,10-11,13,15-16,20H,4,7-9,12,14H2,1H3;1,4-7,10-11,13-14H,8-9,12H2,2H3;4-5,7H,1-3H2;5-6H,1-4H2;4-5H,1-3H2/b;;6-4+;;/t15-,16-,20?;13-,14-;;;/m11.../s1. The third-order valence-corrected chi connectivity index (χ3v) is 13.8. The maximum Gasteiger partial charge on any atom is 0.256 e. The highest BCUT2D eigenvalue weighted by molar-refractivity contribution is 5.98. The summed E-state index contributed by atoms with van der Waals surface area (Å²) in [5.74, 6) is 3.85. The van der Waals surface area contributed by atoms with E-state index >= 15 is 0 Å². The van der Waals surface area contributed by atoms with Crippen molar-refractivity contribution in [1.82, 2.24) is 44.9 Å². The lowest BCUT2D eigenvalue weighted by atomic mass is 9.90. The van der Waals surface area contributed by atoms with Crippen LogP contribution < -0.4 is 0 Å². The van der Waals surface area contributed by atoms with Crippen LogP contribution in [0.25, 0.3) is 11.4 Å². The first-order valence-corrected chi connectivity index (χ1v) is 25.9. The van der Waals surface area contributed by atoms with Crippen LogP contribution in [-0.4, -0.2) is 156 Å². The Bertz CT molecular complexity index is 2520. The zero-order valence-corrected chi connectivity index (χ0v) is 42.4. The van der Waals surface area contributed by atoms with Gasteiger partial charge in [-0.1, -0.05) is 34.6 Å². The molecular weight excluding hydrogens is 949 g/mol. The highest BCUT2D eigenvalue weighted by atomic mass is 16.5. The molecule has 2 aromatic carbocycles. The summed E-state index contributed by atoms with van der Waals surface area (Å²) in [4.78, 5) is 43.1. The Kier molecular flexibility index (Phi) is 21.4. The Labute approximate surface area is 432 Å². The van der Waals surface area contributed by atoms with Crippen LogP contribution in [0.3, 0.4) is 0 Å². The van der Waals surface area contributed by atoms with Crippen molar-refractivity contribution in [3.8, 4) is 23.7 Å². The van der Waals surface area contributed by atoms with Gasteiger partial charge in [0.1, 0.15) is 29.9 Å². The van der Waals surface area contributed by atoms with E-state index in [1.54, 1.807) is 24.8 Å². The van der Waals surface area contributed by atoms with E-state index in [2.05, 4.69) is 50.5 Å². The van der Waals surface area contributed by atoms with Crippen LogP contribution in [0.2, 0.25) is 0 Å². The van der Waals surface area contributed by atoms with E-state index in [1.165, 1.54) is 15.8 Å². The Morgan fingerprint density at radius 1 is 0.703 bits per heavy atom. The van der Waals surface area contributed by atoms with Gasteiger partial charge in [0.2, 0.25) is 0 Å². The summed E-state index contributed by atoms with van der Waals surface area (Å²) >= 11 is 0. The number of piperidine rings is 2. The number of ether oxygens (including phenoxy) is 4. The summed E-state index contributed by atoms with van der Waals surface area (Å²) in [5.41, 5.74) is 3.44. The van der Waals surface area contributed by atoms with Crippen LogP contribution in [0.5, 0.6) is 0 Å². The molecule has 2 amide bonds. The van der Waals surface area contributed by atoms with Gasteiger partial charge in [-0.05, 0) is 115 Å². The first-order chi connectivity index (χ1) is 36.2. The molecule has 0 saturated carbocycles. The lowest BCUT2D eigenvalue weighted by Gasteiger charge is -2.37. The number of oxime groups is 1. The van der Waals surface area contributed by atoms with E-state index in [0.717, 1.165) is 121 Å². The van der Waals surface area contributed by atoms with Crippen LogP contribution in [0, 0.1) is 18.3 Å². The number of likely N-dealkylation sites (tertiary alicyclic amines) is 2. The molecule has 3 aromatic heterocycles. The maximum atomic E-state index is 13.5. The van der Waals surface area contributed by atoms with Crippen molar-refractivity contribution in [2.45, 2.75) is 133 Å². The molecule has 11 rings (SSSR count). The number of nitrogens with zero attached hydrogens (tertiary/aromatic N) is 10. The minimum absolute atomic E-state index is 0.0136. The summed E-state index contributed by atoms with van der Waals surface area (Å²) in [6.45, 7) is 8.75. The molecule has 0 spiro atoms. The van der Waals surface area contributed by atoms with Gasteiger partial charge in [-0.3, -0.25) is 9.59 Å². The van der Waals surface area contributed by atoms with Crippen molar-refractivity contribution in [2.75, 3.05) is 46.1 Å². The maximum absolute atomic E-state index is 13.5. The van der Waals surface area contributed by atoms with Crippen molar-refractivity contribution in [3.05, 3.63) is 102 Å². The van der Waals surface area contributed by atoms with Gasteiger partial charge in [0.15, 0.2) is 0 Å². The second-order valence-corrected chi connectivity index (χ2v) is 19.0. The second-order valence-electron chi connectivity index (χ2n) is 19.0. The number of aliphatic hydroxyl groups excluding tert-OH is 1. The highest BCUT2D eigenvalue weighted by Crippen LogP contribution is 2.35. The third-order valence-electron chi connectivity index (χ3n) is 13.8. The molecule has 20 nitrogen and oxygen atoms in total. The zero-order chi connectivity index (χ0) is 52.1. The van der Waals surface area contributed by atoms with Crippen molar-refractivity contribution in [2.24, 2.45) is 11.1 Å². The van der Waals surface area contributed by atoms with Crippen LogP contribution in [0.4, 0.5) is 0 Å². The van der Waals surface area contributed by atoms with E-state index in [0.29, 0.717) is 35.6 Å². The van der Waals surface area contributed by atoms with Gasteiger partial charge in [0, 0.05) is 69.5 Å². The second kappa shape index (κ2) is 28.7. The molecule has 0 bridgehead atoms. The molecule has 396 valence electrons. The number of hydrogen-bond acceptors (Lipinski definition) is 16. The number of amides is 2. The Balaban J connectivity index is 0.000000156. The quantitative estimate of drug-likeness (QED) is 0.0508. The summed E-state index contributed by atoms with van der Waals surface area (Å²) < 4.78 is 26.5. The SMILES string of the molecule is C#C[C@@H]1CC[C@@H](C)N(C(=O)c2ccccc2-n2nccn2)C1.C[C@@H]1CC[C@@H](c2cc(C3CCCO3)no2)CN1C(=O)c1ccccc1-n1nccn1.O/N=C/C1CCCO1.O=CC1CCCO1.OCC1CCCO1. The average molecular weight is 1020 g/mol. The number of terminal acetylenes is 1. The van der Waals surface area contributed by atoms with Crippen LogP contribution in [-0.2, 0) is 23.7 Å². The Hall–Kier alpha value is -6.63. The summed E-state index contributed by atoms with van der Waals surface area (Å²) in [7, 11) is 0. The fourth-order valence-electron chi connectivity index (χ4n) is 9.55. The number of carbonyl (C=O) groups excluding carboxylic acids is 3. The molecule has 6 aliphatic rings. The molecule has 6 saturated heterocycles. The van der Waals surface area contributed by atoms with Crippen molar-refractivity contribution >= 4 is 24.3 Å². The molecule has 5 aromatic rings. The zero-order valence-electron chi connectivity index (χ0n) is 42.4. The largest absolute Gasteiger partial charge is 0.411 e. The molecule has 8 atom stereocenters. The van der Waals surface area contributed by atoms with Gasteiger partial charge in [0.25, 0.3) is 11.8 Å². The molecule has 0 aliphatic carbocycles. The van der Waals surface area contributed by atoms with E-state index in [9.17, 15) is 14.4 Å². The minimum Gasteiger partial charge on any atom is -0.411 e. The van der Waals surface area contributed by atoms with Crippen LogP contribution >= 0.6 is 0 Å². The van der Waals surface area contributed by atoms with E-state index in [1.807, 2.05) is 64.4 Å². The predicted molar refractivity (Wildman–Crippen MR) is 272 cm³/mol. The molecule has 6 fully saturated rings. The molecular formula is C54H70N10O10. The van der Waals surface area contributed by atoms with Crippen molar-refractivity contribution < 1.29 is 48.2 Å². The lowest BCUT2D eigenvalue weighted by Crippen LogP contribution is -2.45. The number of carbonyl (C=O) groups is 3. The van der Waals surface area contributed by atoms with Crippen molar-refractivity contribution in [3.63, 3.8) is 0 Å². The first kappa shape index (κ1) is 55.1. The van der Waals surface area contributed by atoms with E-state index < -0.39 is 0 Å². The van der Waals surface area contributed by atoms with Gasteiger partial charge in [0.05, 0.1) is 72.3 Å². The van der Waals surface area contributed by atoms with Crippen molar-refractivity contribution in [1.29, 1.82) is 0 Å². The van der Waals surface area contributed by atoms with Gasteiger partial charge in [-0.25, -0.2) is 0 Å². The van der Waals surface area contributed by atoms with E-state index in [-0.39, 0.29) is 66.8 Å². The smallest absolute Gasteiger partial charge is 0.256 e. The Morgan fingerprint density at radius 2 is 1.24 bits per heavy atom. The number of aliphatic hydroxyl groups is 1. The molecule has 2 N–H and O–H groups in total. The molecule has 9 heterocycles. The topological polar surface area (TPSA) is 235 Å². The van der Waals surface area contributed by atoms with Crippen LogP contribution in [0.15, 0.2) is 89.1 Å². The fraction of sp³-hybridized carbons (Fsp3) is 0.537. The molecule has 20 heteroatoms. The summed E-state index contributed by atoms with van der Waals surface area (Å²) in [6.07, 6.45) is 26.4. The number of hydrogen-bond donors (Lipinski definition) is 2. The van der Waals surface area contributed by atoms with Crippen LogP contribution in [0.1, 0.15) is 135 Å². The minimum atomic E-state index is -0.0833. The van der Waals surface area contributed by atoms with Gasteiger partial charge >= 0.3 is 0 Å². The number of aldehydes is 1. The number of aromatic nitrogens is 7. The lowest BCUT2D eigenvalue weighted by molar-refractivity contribution is -0.115. The highest BCUT2D eigenvalue weighted by Gasteiger charge is 2.35. The molecule has 4 unspecified atom stereocenters. The number of rotatable bonds is 9. The van der Waals surface area contributed by atoms with E-state index in [4.69, 9.17) is 40.2 Å². The monoisotopic (exact) mass is 1020 g/mol. The van der Waals surface area contributed by atoms with Gasteiger partial charge < -0.3 is 48.4 Å². The normalized spacial score (nSPS) is 25.3. The molecule has 6 aliphatic heterocycles. The molecule has 0 radical (unpaired) electrons. The van der Waals surface area contributed by atoms with Gasteiger partial charge in [-0.15, -0.1) is 12.3 Å². The molecule has 74 heavy (non-hydrogen) atoms. The van der Waals surface area contributed by atoms with Gasteiger partial charge in [-0.2, -0.15) is 30.0 Å².